The Labute approximate surface area is 135 Å². The zero-order chi connectivity index (χ0) is 17.2. The van der Waals surface area contributed by atoms with Crippen molar-refractivity contribution >= 4 is 15.8 Å². The fraction of sp³-hybridized carbons (Fsp3) is 0.250. The Morgan fingerprint density at radius 2 is 1.87 bits per heavy atom. The number of nitrogens with zero attached hydrogens (tertiary/aromatic N) is 1. The van der Waals surface area contributed by atoms with Crippen molar-refractivity contribution in [2.24, 2.45) is 0 Å². The first kappa shape index (κ1) is 17.0. The van der Waals surface area contributed by atoms with Crippen LogP contribution in [0, 0.1) is 24.0 Å². The number of rotatable bonds is 5. The first-order chi connectivity index (χ1) is 10.8. The van der Waals surface area contributed by atoms with Gasteiger partial charge < -0.3 is 4.18 Å². The number of nitro groups is 1. The van der Waals surface area contributed by atoms with Crippen LogP contribution < -0.4 is 4.18 Å². The molecule has 0 fully saturated rings. The van der Waals surface area contributed by atoms with Crippen LogP contribution in [-0.2, 0) is 16.5 Å². The van der Waals surface area contributed by atoms with Crippen LogP contribution in [0.1, 0.15) is 23.6 Å². The van der Waals surface area contributed by atoms with Gasteiger partial charge >= 0.3 is 10.1 Å². The normalized spacial score (nSPS) is 11.3. The molecule has 0 bridgehead atoms. The molecule has 0 saturated carbocycles. The zero-order valence-corrected chi connectivity index (χ0v) is 13.9. The SMILES string of the molecule is CCc1ccc([N+](=O)[O-])cc1S(=O)(=O)Oc1cccc(C)c1C. The summed E-state index contributed by atoms with van der Waals surface area (Å²) >= 11 is 0. The van der Waals surface area contributed by atoms with Gasteiger partial charge in [-0.25, -0.2) is 0 Å². The molecule has 0 aromatic heterocycles. The summed E-state index contributed by atoms with van der Waals surface area (Å²) in [6.45, 7) is 5.38. The highest BCUT2D eigenvalue weighted by atomic mass is 32.2. The van der Waals surface area contributed by atoms with Crippen molar-refractivity contribution in [3.63, 3.8) is 0 Å². The molecule has 0 radical (unpaired) electrons. The van der Waals surface area contributed by atoms with E-state index in [2.05, 4.69) is 0 Å². The standard InChI is InChI=1S/C16H17NO5S/c1-4-13-8-9-14(17(18)19)10-16(13)23(20,21)22-15-7-5-6-11(2)12(15)3/h5-10H,4H2,1-3H3. The van der Waals surface area contributed by atoms with Crippen molar-refractivity contribution in [3.8, 4) is 5.75 Å². The lowest BCUT2D eigenvalue weighted by molar-refractivity contribution is -0.385. The lowest BCUT2D eigenvalue weighted by Gasteiger charge is -2.13. The van der Waals surface area contributed by atoms with Gasteiger partial charge in [0.25, 0.3) is 5.69 Å². The molecule has 0 heterocycles. The van der Waals surface area contributed by atoms with E-state index in [0.29, 0.717) is 17.5 Å². The van der Waals surface area contributed by atoms with Crippen molar-refractivity contribution in [3.05, 3.63) is 63.2 Å². The van der Waals surface area contributed by atoms with Gasteiger partial charge in [-0.3, -0.25) is 10.1 Å². The van der Waals surface area contributed by atoms with Crippen LogP contribution in [0.15, 0.2) is 41.3 Å². The van der Waals surface area contributed by atoms with Crippen LogP contribution in [-0.4, -0.2) is 13.3 Å². The Morgan fingerprint density at radius 1 is 1.17 bits per heavy atom. The quantitative estimate of drug-likeness (QED) is 0.474. The molecule has 2 rings (SSSR count). The molecular formula is C16H17NO5S. The maximum absolute atomic E-state index is 12.6. The average Bonchev–Trinajstić information content (AvgIpc) is 2.51. The molecule has 6 nitrogen and oxygen atoms in total. The van der Waals surface area contributed by atoms with Gasteiger partial charge in [0.1, 0.15) is 10.6 Å². The molecule has 0 N–H and O–H groups in total. The van der Waals surface area contributed by atoms with Crippen molar-refractivity contribution < 1.29 is 17.5 Å². The molecule has 0 saturated heterocycles. The molecule has 2 aromatic carbocycles. The van der Waals surface area contributed by atoms with E-state index in [-0.39, 0.29) is 16.3 Å². The third-order valence-electron chi connectivity index (χ3n) is 3.67. The van der Waals surface area contributed by atoms with Crippen LogP contribution in [0.25, 0.3) is 0 Å². The highest BCUT2D eigenvalue weighted by Crippen LogP contribution is 2.28. The Kier molecular flexibility index (Phi) is 4.70. The minimum Gasteiger partial charge on any atom is -0.379 e. The van der Waals surface area contributed by atoms with Crippen LogP contribution in [0.5, 0.6) is 5.75 Å². The van der Waals surface area contributed by atoms with Gasteiger partial charge in [0.05, 0.1) is 4.92 Å². The summed E-state index contributed by atoms with van der Waals surface area (Å²) in [5.74, 6) is 0.221. The second kappa shape index (κ2) is 6.37. The lowest BCUT2D eigenvalue weighted by atomic mass is 10.1. The Bertz CT molecular complexity index is 859. The molecule has 0 spiro atoms. The summed E-state index contributed by atoms with van der Waals surface area (Å²) in [6, 6.07) is 8.87. The highest BCUT2D eigenvalue weighted by molar-refractivity contribution is 7.87. The molecule has 7 heteroatoms. The second-order valence-electron chi connectivity index (χ2n) is 5.14. The third-order valence-corrected chi connectivity index (χ3v) is 4.98. The number of benzene rings is 2. The van der Waals surface area contributed by atoms with Crippen LogP contribution in [0.3, 0.4) is 0 Å². The van der Waals surface area contributed by atoms with Gasteiger partial charge in [0.2, 0.25) is 0 Å². The smallest absolute Gasteiger partial charge is 0.339 e. The summed E-state index contributed by atoms with van der Waals surface area (Å²) in [6.07, 6.45) is 0.419. The summed E-state index contributed by atoms with van der Waals surface area (Å²) < 4.78 is 30.4. The van der Waals surface area contributed by atoms with E-state index in [1.54, 1.807) is 26.0 Å². The van der Waals surface area contributed by atoms with Gasteiger partial charge in [-0.05, 0) is 43.0 Å². The second-order valence-corrected chi connectivity index (χ2v) is 6.65. The summed E-state index contributed by atoms with van der Waals surface area (Å²) in [7, 11) is -4.16. The molecule has 0 unspecified atom stereocenters. The fourth-order valence-electron chi connectivity index (χ4n) is 2.16. The Morgan fingerprint density at radius 3 is 2.48 bits per heavy atom. The molecule has 0 aliphatic carbocycles. The van der Waals surface area contributed by atoms with Gasteiger partial charge in [-0.15, -0.1) is 0 Å². The largest absolute Gasteiger partial charge is 0.379 e. The molecule has 0 aliphatic heterocycles. The number of aryl methyl sites for hydroxylation is 2. The van der Waals surface area contributed by atoms with Crippen molar-refractivity contribution in [1.82, 2.24) is 0 Å². The number of hydrogen-bond acceptors (Lipinski definition) is 5. The van der Waals surface area contributed by atoms with Crippen molar-refractivity contribution in [2.45, 2.75) is 32.1 Å². The maximum Gasteiger partial charge on any atom is 0.339 e. The topological polar surface area (TPSA) is 86.5 Å². The van der Waals surface area contributed by atoms with E-state index < -0.39 is 15.0 Å². The molecule has 0 atom stereocenters. The number of non-ortho nitro benzene ring substituents is 1. The molecule has 0 amide bonds. The first-order valence-corrected chi connectivity index (χ1v) is 8.45. The summed E-state index contributed by atoms with van der Waals surface area (Å²) in [5.41, 5.74) is 1.79. The molecular weight excluding hydrogens is 318 g/mol. The highest BCUT2D eigenvalue weighted by Gasteiger charge is 2.24. The van der Waals surface area contributed by atoms with Crippen molar-refractivity contribution in [1.29, 1.82) is 0 Å². The molecule has 122 valence electrons. The van der Waals surface area contributed by atoms with Gasteiger partial charge in [-0.2, -0.15) is 8.42 Å². The van der Waals surface area contributed by atoms with E-state index in [1.165, 1.54) is 12.1 Å². The summed E-state index contributed by atoms with van der Waals surface area (Å²) in [5, 5.41) is 10.9. The lowest BCUT2D eigenvalue weighted by Crippen LogP contribution is -2.13. The van der Waals surface area contributed by atoms with Gasteiger partial charge in [0, 0.05) is 12.1 Å². The Balaban J connectivity index is 2.53. The zero-order valence-electron chi connectivity index (χ0n) is 13.1. The maximum atomic E-state index is 12.6. The summed E-state index contributed by atoms with van der Waals surface area (Å²) in [4.78, 5) is 10.1. The molecule has 23 heavy (non-hydrogen) atoms. The number of nitro benzene ring substituents is 1. The van der Waals surface area contributed by atoms with E-state index >= 15 is 0 Å². The van der Waals surface area contributed by atoms with E-state index in [1.807, 2.05) is 13.0 Å². The van der Waals surface area contributed by atoms with Crippen molar-refractivity contribution in [2.75, 3.05) is 0 Å². The van der Waals surface area contributed by atoms with E-state index in [4.69, 9.17) is 4.18 Å². The van der Waals surface area contributed by atoms with Gasteiger partial charge in [0.15, 0.2) is 0 Å². The average molecular weight is 335 g/mol. The minimum atomic E-state index is -4.16. The van der Waals surface area contributed by atoms with E-state index in [0.717, 1.165) is 11.6 Å². The fourth-order valence-corrected chi connectivity index (χ4v) is 3.46. The Hall–Kier alpha value is -2.41. The first-order valence-electron chi connectivity index (χ1n) is 7.04. The van der Waals surface area contributed by atoms with E-state index in [9.17, 15) is 18.5 Å². The predicted octanol–water partition coefficient (Wildman–Crippen LogP) is 3.54. The third kappa shape index (κ3) is 3.50. The predicted molar refractivity (Wildman–Crippen MR) is 86.2 cm³/mol. The molecule has 0 aliphatic rings. The van der Waals surface area contributed by atoms with Crippen LogP contribution >= 0.6 is 0 Å². The van der Waals surface area contributed by atoms with Crippen LogP contribution in [0.2, 0.25) is 0 Å². The minimum absolute atomic E-state index is 0.171. The number of hydrogen-bond donors (Lipinski definition) is 0. The van der Waals surface area contributed by atoms with Gasteiger partial charge in [-0.1, -0.05) is 25.1 Å². The molecule has 2 aromatic rings. The monoisotopic (exact) mass is 335 g/mol. The van der Waals surface area contributed by atoms with Crippen LogP contribution in [0.4, 0.5) is 5.69 Å².